The topological polar surface area (TPSA) is 52.7 Å². The van der Waals surface area contributed by atoms with Crippen molar-refractivity contribution < 1.29 is 9.59 Å². The molecule has 1 aliphatic carbocycles. The zero-order chi connectivity index (χ0) is 19.5. The molecule has 5 heteroatoms. The van der Waals surface area contributed by atoms with E-state index in [0.717, 1.165) is 31.5 Å². The van der Waals surface area contributed by atoms with Crippen LogP contribution in [0.5, 0.6) is 0 Å². The van der Waals surface area contributed by atoms with Crippen LogP contribution in [-0.4, -0.2) is 32.0 Å². The molecule has 1 N–H and O–H groups in total. The van der Waals surface area contributed by atoms with Crippen LogP contribution < -0.4 is 15.1 Å². The van der Waals surface area contributed by atoms with Gasteiger partial charge in [-0.15, -0.1) is 0 Å². The van der Waals surface area contributed by atoms with Gasteiger partial charge in [-0.05, 0) is 49.4 Å². The molecule has 1 heterocycles. The van der Waals surface area contributed by atoms with Gasteiger partial charge in [-0.3, -0.25) is 9.59 Å². The van der Waals surface area contributed by atoms with Crippen LogP contribution in [0.15, 0.2) is 48.5 Å². The number of para-hydroxylation sites is 2. The Balaban J connectivity index is 1.49. The average Bonchev–Trinajstić information content (AvgIpc) is 3.45. The minimum atomic E-state index is -0.151. The van der Waals surface area contributed by atoms with Crippen LogP contribution in [0.4, 0.5) is 11.4 Å². The van der Waals surface area contributed by atoms with Gasteiger partial charge in [-0.25, -0.2) is 0 Å². The lowest BCUT2D eigenvalue weighted by Gasteiger charge is -2.22. The molecule has 2 aromatic rings. The van der Waals surface area contributed by atoms with Crippen molar-refractivity contribution in [3.63, 3.8) is 0 Å². The normalized spacial score (nSPS) is 16.1. The fourth-order valence-corrected chi connectivity index (χ4v) is 3.88. The summed E-state index contributed by atoms with van der Waals surface area (Å²) in [6.45, 7) is 2.61. The smallest absolute Gasteiger partial charge is 0.253 e. The summed E-state index contributed by atoms with van der Waals surface area (Å²) >= 11 is 0. The second kappa shape index (κ2) is 8.05. The van der Waals surface area contributed by atoms with E-state index in [0.29, 0.717) is 17.8 Å². The maximum atomic E-state index is 12.9. The Morgan fingerprint density at radius 2 is 1.71 bits per heavy atom. The van der Waals surface area contributed by atoms with Crippen LogP contribution in [0.1, 0.15) is 41.6 Å². The van der Waals surface area contributed by atoms with Crippen molar-refractivity contribution in [2.45, 2.75) is 32.2 Å². The largest absolute Gasteiger partial charge is 0.371 e. The van der Waals surface area contributed by atoms with E-state index in [1.165, 1.54) is 18.5 Å². The Hall–Kier alpha value is -2.82. The third kappa shape index (κ3) is 3.88. The Labute approximate surface area is 166 Å². The molecule has 2 aliphatic rings. The van der Waals surface area contributed by atoms with Gasteiger partial charge in [0.05, 0.1) is 11.3 Å². The van der Waals surface area contributed by atoms with E-state index in [4.69, 9.17) is 0 Å². The first-order chi connectivity index (χ1) is 13.6. The number of rotatable bonds is 6. The van der Waals surface area contributed by atoms with Gasteiger partial charge in [0.2, 0.25) is 5.91 Å². The summed E-state index contributed by atoms with van der Waals surface area (Å²) in [5.41, 5.74) is 3.54. The zero-order valence-corrected chi connectivity index (χ0v) is 16.4. The molecule has 0 bridgehead atoms. The van der Waals surface area contributed by atoms with E-state index in [9.17, 15) is 9.59 Å². The lowest BCUT2D eigenvalue weighted by Crippen LogP contribution is -2.31. The predicted molar refractivity (Wildman–Crippen MR) is 112 cm³/mol. The van der Waals surface area contributed by atoms with E-state index < -0.39 is 0 Å². The number of anilines is 2. The highest BCUT2D eigenvalue weighted by Gasteiger charge is 2.33. The molecule has 28 heavy (non-hydrogen) atoms. The number of benzene rings is 2. The van der Waals surface area contributed by atoms with Crippen LogP contribution >= 0.6 is 0 Å². The number of amides is 2. The van der Waals surface area contributed by atoms with Crippen molar-refractivity contribution in [3.8, 4) is 0 Å². The van der Waals surface area contributed by atoms with Gasteiger partial charge in [0.25, 0.3) is 5.91 Å². The molecule has 2 aromatic carbocycles. The summed E-state index contributed by atoms with van der Waals surface area (Å²) in [6, 6.07) is 15.6. The van der Waals surface area contributed by atoms with Crippen LogP contribution in [0.3, 0.4) is 0 Å². The number of carbonyl (C=O) groups is 2. The Bertz CT molecular complexity index is 870. The van der Waals surface area contributed by atoms with Crippen molar-refractivity contribution in [1.82, 2.24) is 5.32 Å². The highest BCUT2D eigenvalue weighted by atomic mass is 16.2. The van der Waals surface area contributed by atoms with Gasteiger partial charge < -0.3 is 15.1 Å². The molecule has 0 radical (unpaired) electrons. The summed E-state index contributed by atoms with van der Waals surface area (Å²) in [4.78, 5) is 29.4. The van der Waals surface area contributed by atoms with Gasteiger partial charge in [0, 0.05) is 38.3 Å². The molecule has 146 valence electrons. The average molecular weight is 377 g/mol. The van der Waals surface area contributed by atoms with E-state index in [1.54, 1.807) is 18.0 Å². The monoisotopic (exact) mass is 377 g/mol. The lowest BCUT2D eigenvalue weighted by atomic mass is 10.1. The second-order valence-electron chi connectivity index (χ2n) is 7.69. The fourth-order valence-electron chi connectivity index (χ4n) is 3.88. The van der Waals surface area contributed by atoms with Crippen molar-refractivity contribution in [2.24, 2.45) is 5.92 Å². The first kappa shape index (κ1) is 18.5. The Kier molecular flexibility index (Phi) is 5.33. The van der Waals surface area contributed by atoms with Gasteiger partial charge in [-0.1, -0.05) is 30.3 Å². The predicted octanol–water partition coefficient (Wildman–Crippen LogP) is 3.59. The highest BCUT2D eigenvalue weighted by Crippen LogP contribution is 2.33. The van der Waals surface area contributed by atoms with Crippen molar-refractivity contribution in [2.75, 3.05) is 29.9 Å². The summed E-state index contributed by atoms with van der Waals surface area (Å²) in [6.07, 6.45) is 4.33. The van der Waals surface area contributed by atoms with E-state index in [2.05, 4.69) is 22.3 Å². The van der Waals surface area contributed by atoms with Crippen molar-refractivity contribution in [3.05, 3.63) is 59.7 Å². The van der Waals surface area contributed by atoms with Crippen molar-refractivity contribution in [1.29, 1.82) is 0 Å². The zero-order valence-electron chi connectivity index (χ0n) is 16.4. The first-order valence-electron chi connectivity index (χ1n) is 10.1. The molecule has 2 amide bonds. The molecule has 0 aromatic heterocycles. The molecule has 1 saturated heterocycles. The minimum Gasteiger partial charge on any atom is -0.371 e. The number of nitrogens with zero attached hydrogens (tertiary/aromatic N) is 2. The quantitative estimate of drug-likeness (QED) is 0.837. The lowest BCUT2D eigenvalue weighted by molar-refractivity contribution is -0.119. The van der Waals surface area contributed by atoms with Gasteiger partial charge in [0.15, 0.2) is 0 Å². The minimum absolute atomic E-state index is 0.0969. The standard InChI is InChI=1S/C23H27N3O2/c1-25(23(28)17-12-13-17)21-11-5-3-9-19(21)22(27)24-16-18-8-2-4-10-20(18)26-14-6-7-15-26/h2-5,8-11,17H,6-7,12-16H2,1H3,(H,24,27). The maximum Gasteiger partial charge on any atom is 0.253 e. The number of hydrogen-bond acceptors (Lipinski definition) is 3. The van der Waals surface area contributed by atoms with Crippen LogP contribution in [0.2, 0.25) is 0 Å². The molecule has 1 saturated carbocycles. The molecular weight excluding hydrogens is 350 g/mol. The van der Waals surface area contributed by atoms with Gasteiger partial charge in [0.1, 0.15) is 0 Å². The van der Waals surface area contributed by atoms with Gasteiger partial charge in [-0.2, -0.15) is 0 Å². The number of hydrogen-bond donors (Lipinski definition) is 1. The van der Waals surface area contributed by atoms with Gasteiger partial charge >= 0.3 is 0 Å². The third-order valence-corrected chi connectivity index (χ3v) is 5.64. The van der Waals surface area contributed by atoms with Crippen LogP contribution in [0.25, 0.3) is 0 Å². The van der Waals surface area contributed by atoms with Crippen molar-refractivity contribution >= 4 is 23.2 Å². The summed E-state index contributed by atoms with van der Waals surface area (Å²) in [5, 5.41) is 3.05. The summed E-state index contributed by atoms with van der Waals surface area (Å²) < 4.78 is 0. The van der Waals surface area contributed by atoms with Crippen LogP contribution in [-0.2, 0) is 11.3 Å². The molecular formula is C23H27N3O2. The number of carbonyl (C=O) groups excluding carboxylic acids is 2. The highest BCUT2D eigenvalue weighted by molar-refractivity contribution is 6.05. The molecule has 0 atom stereocenters. The van der Waals surface area contributed by atoms with Crippen LogP contribution in [0, 0.1) is 5.92 Å². The SMILES string of the molecule is CN(C(=O)C1CC1)c1ccccc1C(=O)NCc1ccccc1N1CCCC1. The molecule has 1 aliphatic heterocycles. The first-order valence-corrected chi connectivity index (χ1v) is 10.1. The molecule has 0 unspecified atom stereocenters. The molecule has 0 spiro atoms. The van der Waals surface area contributed by atoms with E-state index in [-0.39, 0.29) is 17.7 Å². The molecule has 5 nitrogen and oxygen atoms in total. The third-order valence-electron chi connectivity index (χ3n) is 5.64. The van der Waals surface area contributed by atoms with E-state index >= 15 is 0 Å². The molecule has 4 rings (SSSR count). The maximum absolute atomic E-state index is 12.9. The Morgan fingerprint density at radius 3 is 2.46 bits per heavy atom. The summed E-state index contributed by atoms with van der Waals surface area (Å²) in [7, 11) is 1.76. The number of nitrogens with one attached hydrogen (secondary N) is 1. The fraction of sp³-hybridized carbons (Fsp3) is 0.391. The van der Waals surface area contributed by atoms with E-state index in [1.807, 2.05) is 30.3 Å². The summed E-state index contributed by atoms with van der Waals surface area (Å²) in [5.74, 6) is 0.0651. The second-order valence-corrected chi connectivity index (χ2v) is 7.69. The molecule has 2 fully saturated rings. The Morgan fingerprint density at radius 1 is 1.04 bits per heavy atom.